The van der Waals surface area contributed by atoms with E-state index in [0.29, 0.717) is 10.8 Å². The molecule has 0 aromatic carbocycles. The minimum Gasteiger partial charge on any atom is -0.332 e. The standard InChI is InChI=1S/C16H23N3O/c1-14-5-12-6-15(2,8-14)10-16(7-12,9-14)18-13(20)19-4-3-17-11-19/h3-4,11-12H,5-10H2,1-2H3,(H,18,20). The van der Waals surface area contributed by atoms with Crippen molar-refractivity contribution < 1.29 is 4.79 Å². The van der Waals surface area contributed by atoms with E-state index < -0.39 is 0 Å². The lowest BCUT2D eigenvalue weighted by Gasteiger charge is -2.65. The van der Waals surface area contributed by atoms with Crippen LogP contribution in [-0.4, -0.2) is 21.1 Å². The number of nitrogens with one attached hydrogen (secondary N) is 1. The van der Waals surface area contributed by atoms with Crippen molar-refractivity contribution >= 4 is 6.03 Å². The molecule has 1 aromatic heterocycles. The summed E-state index contributed by atoms with van der Waals surface area (Å²) in [6.07, 6.45) is 12.5. The number of amides is 1. The van der Waals surface area contributed by atoms with Crippen molar-refractivity contribution in [3.63, 3.8) is 0 Å². The summed E-state index contributed by atoms with van der Waals surface area (Å²) in [5.41, 5.74) is 0.872. The topological polar surface area (TPSA) is 46.9 Å². The molecule has 0 saturated heterocycles. The van der Waals surface area contributed by atoms with Gasteiger partial charge in [0.1, 0.15) is 6.33 Å². The molecular weight excluding hydrogens is 250 g/mol. The highest BCUT2D eigenvalue weighted by atomic mass is 16.2. The van der Waals surface area contributed by atoms with Crippen molar-refractivity contribution in [1.82, 2.24) is 14.9 Å². The van der Waals surface area contributed by atoms with Crippen LogP contribution < -0.4 is 5.32 Å². The molecule has 1 N–H and O–H groups in total. The first-order valence-corrected chi connectivity index (χ1v) is 7.70. The second kappa shape index (κ2) is 3.66. The molecule has 4 saturated carbocycles. The van der Waals surface area contributed by atoms with Crippen LogP contribution in [0.1, 0.15) is 52.4 Å². The molecule has 0 spiro atoms. The summed E-state index contributed by atoms with van der Waals surface area (Å²) < 4.78 is 1.56. The van der Waals surface area contributed by atoms with E-state index in [-0.39, 0.29) is 11.6 Å². The van der Waals surface area contributed by atoms with Crippen LogP contribution in [0.15, 0.2) is 18.7 Å². The number of hydrogen-bond donors (Lipinski definition) is 1. The van der Waals surface area contributed by atoms with Gasteiger partial charge in [0.05, 0.1) is 0 Å². The fourth-order valence-electron chi connectivity index (χ4n) is 6.26. The van der Waals surface area contributed by atoms with Crippen molar-refractivity contribution in [1.29, 1.82) is 0 Å². The van der Waals surface area contributed by atoms with Crippen LogP contribution in [-0.2, 0) is 0 Å². The summed E-state index contributed by atoms with van der Waals surface area (Å²) in [6.45, 7) is 4.85. The Morgan fingerprint density at radius 3 is 2.45 bits per heavy atom. The Morgan fingerprint density at radius 1 is 1.20 bits per heavy atom. The van der Waals surface area contributed by atoms with Crippen LogP contribution in [0.25, 0.3) is 0 Å². The van der Waals surface area contributed by atoms with Gasteiger partial charge in [-0.2, -0.15) is 0 Å². The molecule has 1 amide bonds. The number of hydrogen-bond acceptors (Lipinski definition) is 2. The molecule has 1 heterocycles. The Balaban J connectivity index is 1.63. The van der Waals surface area contributed by atoms with E-state index >= 15 is 0 Å². The summed E-state index contributed by atoms with van der Waals surface area (Å²) in [5, 5.41) is 3.36. The third kappa shape index (κ3) is 1.80. The molecule has 2 unspecified atom stereocenters. The highest BCUT2D eigenvalue weighted by Gasteiger charge is 2.60. The van der Waals surface area contributed by atoms with E-state index in [0.717, 1.165) is 18.8 Å². The van der Waals surface area contributed by atoms with Gasteiger partial charge in [0.15, 0.2) is 0 Å². The highest BCUT2D eigenvalue weighted by molar-refractivity contribution is 5.77. The Kier molecular flexibility index (Phi) is 2.27. The zero-order valence-electron chi connectivity index (χ0n) is 12.4. The van der Waals surface area contributed by atoms with Crippen LogP contribution in [0.5, 0.6) is 0 Å². The van der Waals surface area contributed by atoms with E-state index in [9.17, 15) is 4.79 Å². The van der Waals surface area contributed by atoms with Crippen molar-refractivity contribution in [2.75, 3.05) is 0 Å². The number of carbonyl (C=O) groups excluding carboxylic acids is 1. The SMILES string of the molecule is CC12CC3CC(C)(C1)CC(NC(=O)n1ccnc1)(C3)C2. The molecule has 5 rings (SSSR count). The number of aromatic nitrogens is 2. The molecular formula is C16H23N3O. The van der Waals surface area contributed by atoms with Crippen LogP contribution >= 0.6 is 0 Å². The Morgan fingerprint density at radius 2 is 1.90 bits per heavy atom. The van der Waals surface area contributed by atoms with E-state index in [1.807, 2.05) is 0 Å². The summed E-state index contributed by atoms with van der Waals surface area (Å²) in [7, 11) is 0. The molecule has 108 valence electrons. The first-order chi connectivity index (χ1) is 9.40. The summed E-state index contributed by atoms with van der Waals surface area (Å²) >= 11 is 0. The molecule has 20 heavy (non-hydrogen) atoms. The van der Waals surface area contributed by atoms with Gasteiger partial charge in [-0.05, 0) is 55.3 Å². The number of imidazole rings is 1. The van der Waals surface area contributed by atoms with Gasteiger partial charge >= 0.3 is 6.03 Å². The molecule has 4 fully saturated rings. The molecule has 4 nitrogen and oxygen atoms in total. The van der Waals surface area contributed by atoms with Crippen LogP contribution in [0.3, 0.4) is 0 Å². The average molecular weight is 273 g/mol. The maximum Gasteiger partial charge on any atom is 0.327 e. The summed E-state index contributed by atoms with van der Waals surface area (Å²) in [6, 6.07) is -0.0170. The predicted octanol–water partition coefficient (Wildman–Crippen LogP) is 3.19. The Labute approximate surface area is 120 Å². The molecule has 4 aliphatic carbocycles. The molecule has 4 aliphatic rings. The maximum atomic E-state index is 12.4. The fraction of sp³-hybridized carbons (Fsp3) is 0.750. The quantitative estimate of drug-likeness (QED) is 0.854. The normalized spacial score (nSPS) is 45.6. The van der Waals surface area contributed by atoms with Gasteiger partial charge in [-0.3, -0.25) is 4.57 Å². The van der Waals surface area contributed by atoms with Crippen molar-refractivity contribution in [2.24, 2.45) is 16.7 Å². The van der Waals surface area contributed by atoms with Crippen molar-refractivity contribution in [3.05, 3.63) is 18.7 Å². The van der Waals surface area contributed by atoms with Gasteiger partial charge in [-0.25, -0.2) is 9.78 Å². The van der Waals surface area contributed by atoms with E-state index in [1.54, 1.807) is 23.3 Å². The third-order valence-corrected chi connectivity index (χ3v) is 5.74. The van der Waals surface area contributed by atoms with E-state index in [1.165, 1.54) is 25.7 Å². The molecule has 2 atom stereocenters. The van der Waals surface area contributed by atoms with Gasteiger partial charge in [0.2, 0.25) is 0 Å². The largest absolute Gasteiger partial charge is 0.332 e. The molecule has 1 aromatic rings. The maximum absolute atomic E-state index is 12.4. The predicted molar refractivity (Wildman–Crippen MR) is 76.3 cm³/mol. The average Bonchev–Trinajstić information content (AvgIpc) is 2.75. The van der Waals surface area contributed by atoms with Gasteiger partial charge in [0, 0.05) is 17.9 Å². The monoisotopic (exact) mass is 273 g/mol. The first kappa shape index (κ1) is 12.4. The zero-order valence-corrected chi connectivity index (χ0v) is 12.4. The van der Waals surface area contributed by atoms with Crippen molar-refractivity contribution in [3.8, 4) is 0 Å². The number of carbonyl (C=O) groups is 1. The number of nitrogens with zero attached hydrogens (tertiary/aromatic N) is 2. The lowest BCUT2D eigenvalue weighted by Crippen LogP contribution is -2.65. The Hall–Kier alpha value is -1.32. The van der Waals surface area contributed by atoms with E-state index in [4.69, 9.17) is 0 Å². The molecule has 4 bridgehead atoms. The van der Waals surface area contributed by atoms with Crippen LogP contribution in [0.2, 0.25) is 0 Å². The molecule has 0 aliphatic heterocycles. The van der Waals surface area contributed by atoms with Gasteiger partial charge < -0.3 is 5.32 Å². The first-order valence-electron chi connectivity index (χ1n) is 7.70. The highest BCUT2D eigenvalue weighted by Crippen LogP contribution is 2.66. The minimum absolute atomic E-state index is 0.0170. The fourth-order valence-corrected chi connectivity index (χ4v) is 6.26. The van der Waals surface area contributed by atoms with Crippen molar-refractivity contribution in [2.45, 2.75) is 57.9 Å². The van der Waals surface area contributed by atoms with Gasteiger partial charge in [0.25, 0.3) is 0 Å². The molecule has 4 heteroatoms. The zero-order chi connectivity index (χ0) is 14.0. The van der Waals surface area contributed by atoms with E-state index in [2.05, 4.69) is 24.1 Å². The minimum atomic E-state index is -0.0170. The number of rotatable bonds is 1. The second-order valence-corrected chi connectivity index (χ2v) is 8.31. The van der Waals surface area contributed by atoms with Crippen LogP contribution in [0, 0.1) is 16.7 Å². The lowest BCUT2D eigenvalue weighted by molar-refractivity contribution is -0.113. The van der Waals surface area contributed by atoms with Gasteiger partial charge in [-0.1, -0.05) is 13.8 Å². The van der Waals surface area contributed by atoms with Gasteiger partial charge in [-0.15, -0.1) is 0 Å². The Bertz CT molecular complexity index is 532. The third-order valence-electron chi connectivity index (χ3n) is 5.74. The summed E-state index contributed by atoms with van der Waals surface area (Å²) in [4.78, 5) is 16.4. The second-order valence-electron chi connectivity index (χ2n) is 8.31. The lowest BCUT2D eigenvalue weighted by atomic mass is 9.43. The summed E-state index contributed by atoms with van der Waals surface area (Å²) in [5.74, 6) is 0.796. The molecule has 0 radical (unpaired) electrons. The smallest absolute Gasteiger partial charge is 0.327 e. The van der Waals surface area contributed by atoms with Crippen LogP contribution in [0.4, 0.5) is 4.79 Å².